The first-order valence-electron chi connectivity index (χ1n) is 5.99. The number of ether oxygens (including phenoxy) is 1. The van der Waals surface area contributed by atoms with E-state index in [4.69, 9.17) is 15.0 Å². The number of nitrogen functional groups attached to an aromatic ring is 1. The number of nitrogens with zero attached hydrogens (tertiary/aromatic N) is 2. The van der Waals surface area contributed by atoms with Gasteiger partial charge in [0.2, 0.25) is 11.7 Å². The molecule has 0 aliphatic heterocycles. The second-order valence-electron chi connectivity index (χ2n) is 4.17. The van der Waals surface area contributed by atoms with E-state index in [9.17, 15) is 0 Å². The van der Waals surface area contributed by atoms with Crippen LogP contribution in [0.1, 0.15) is 30.6 Å². The topological polar surface area (TPSA) is 74.2 Å². The lowest BCUT2D eigenvalue weighted by Crippen LogP contribution is -1.99. The molecule has 96 valence electrons. The number of benzene rings is 1. The molecule has 2 rings (SSSR count). The van der Waals surface area contributed by atoms with Crippen LogP contribution in [0, 0.1) is 6.92 Å². The summed E-state index contributed by atoms with van der Waals surface area (Å²) < 4.78 is 10.7. The van der Waals surface area contributed by atoms with Crippen molar-refractivity contribution in [3.63, 3.8) is 0 Å². The predicted molar refractivity (Wildman–Crippen MR) is 68.2 cm³/mol. The fraction of sp³-hybridized carbons (Fsp3) is 0.385. The number of aromatic nitrogens is 2. The predicted octanol–water partition coefficient (Wildman–Crippen LogP) is 2.49. The van der Waals surface area contributed by atoms with Crippen molar-refractivity contribution in [2.45, 2.75) is 33.3 Å². The minimum Gasteiger partial charge on any atom is -0.485 e. The highest BCUT2D eigenvalue weighted by Crippen LogP contribution is 2.20. The first kappa shape index (κ1) is 12.4. The number of hydrogen-bond acceptors (Lipinski definition) is 5. The zero-order valence-corrected chi connectivity index (χ0v) is 10.6. The third-order valence-corrected chi connectivity index (χ3v) is 2.53. The average Bonchev–Trinajstić information content (AvgIpc) is 2.76. The molecule has 1 aromatic heterocycles. The van der Waals surface area contributed by atoms with Gasteiger partial charge < -0.3 is 15.0 Å². The fourth-order valence-electron chi connectivity index (χ4n) is 1.64. The molecule has 5 heteroatoms. The molecule has 0 saturated carbocycles. The standard InChI is InChI=1S/C13H17N3O2/c1-3-4-13-15-12(16-18-13)8-17-11-6-5-10(14)7-9(11)2/h5-7H,3-4,8,14H2,1-2H3. The van der Waals surface area contributed by atoms with Gasteiger partial charge in [0.1, 0.15) is 5.75 Å². The van der Waals surface area contributed by atoms with Crippen LogP contribution in [0.4, 0.5) is 5.69 Å². The van der Waals surface area contributed by atoms with Gasteiger partial charge in [-0.2, -0.15) is 4.98 Å². The van der Waals surface area contributed by atoms with Crippen LogP contribution in [-0.4, -0.2) is 10.1 Å². The van der Waals surface area contributed by atoms with Crippen molar-refractivity contribution in [2.75, 3.05) is 5.73 Å². The Hall–Kier alpha value is -2.04. The third kappa shape index (κ3) is 3.00. The maximum Gasteiger partial charge on any atom is 0.226 e. The van der Waals surface area contributed by atoms with Crippen LogP contribution in [0.5, 0.6) is 5.75 Å². The molecule has 0 bridgehead atoms. The van der Waals surface area contributed by atoms with E-state index in [1.807, 2.05) is 19.1 Å². The van der Waals surface area contributed by atoms with Gasteiger partial charge in [-0.15, -0.1) is 0 Å². The lowest BCUT2D eigenvalue weighted by atomic mass is 10.2. The number of hydrogen-bond donors (Lipinski definition) is 1. The van der Waals surface area contributed by atoms with Crippen LogP contribution in [0.2, 0.25) is 0 Å². The first-order chi connectivity index (χ1) is 8.69. The third-order valence-electron chi connectivity index (χ3n) is 2.53. The Morgan fingerprint density at radius 2 is 2.22 bits per heavy atom. The Kier molecular flexibility index (Phi) is 3.82. The summed E-state index contributed by atoms with van der Waals surface area (Å²) in [5, 5.41) is 3.86. The molecule has 0 spiro atoms. The summed E-state index contributed by atoms with van der Waals surface area (Å²) in [4.78, 5) is 4.23. The summed E-state index contributed by atoms with van der Waals surface area (Å²) in [6.07, 6.45) is 1.79. The van der Waals surface area contributed by atoms with Crippen LogP contribution in [0.25, 0.3) is 0 Å². The van der Waals surface area contributed by atoms with Gasteiger partial charge in [0.05, 0.1) is 0 Å². The van der Waals surface area contributed by atoms with E-state index in [1.165, 1.54) is 0 Å². The van der Waals surface area contributed by atoms with Gasteiger partial charge in [-0.1, -0.05) is 12.1 Å². The van der Waals surface area contributed by atoms with Gasteiger partial charge in [-0.3, -0.25) is 0 Å². The Morgan fingerprint density at radius 1 is 1.39 bits per heavy atom. The smallest absolute Gasteiger partial charge is 0.226 e. The van der Waals surface area contributed by atoms with E-state index >= 15 is 0 Å². The molecule has 0 radical (unpaired) electrons. The van der Waals surface area contributed by atoms with Crippen LogP contribution < -0.4 is 10.5 Å². The number of aryl methyl sites for hydroxylation is 2. The van der Waals surface area contributed by atoms with Crippen LogP contribution in [0.15, 0.2) is 22.7 Å². The molecule has 0 amide bonds. The van der Waals surface area contributed by atoms with E-state index in [-0.39, 0.29) is 0 Å². The fourth-order valence-corrected chi connectivity index (χ4v) is 1.64. The maximum absolute atomic E-state index is 5.68. The van der Waals surface area contributed by atoms with E-state index in [0.717, 1.165) is 29.8 Å². The summed E-state index contributed by atoms with van der Waals surface area (Å²) in [6.45, 7) is 4.32. The van der Waals surface area contributed by atoms with E-state index in [0.29, 0.717) is 18.3 Å². The lowest BCUT2D eigenvalue weighted by molar-refractivity contribution is 0.283. The highest BCUT2D eigenvalue weighted by molar-refractivity contribution is 5.47. The van der Waals surface area contributed by atoms with Crippen LogP contribution in [-0.2, 0) is 13.0 Å². The zero-order valence-electron chi connectivity index (χ0n) is 10.6. The Bertz CT molecular complexity index is 523. The molecular formula is C13H17N3O2. The molecule has 0 saturated heterocycles. The molecule has 2 N–H and O–H groups in total. The maximum atomic E-state index is 5.68. The van der Waals surface area contributed by atoms with Gasteiger partial charge >= 0.3 is 0 Å². The van der Waals surface area contributed by atoms with Crippen molar-refractivity contribution >= 4 is 5.69 Å². The normalized spacial score (nSPS) is 10.6. The van der Waals surface area contributed by atoms with Gasteiger partial charge in [0.25, 0.3) is 0 Å². The van der Waals surface area contributed by atoms with Crippen molar-refractivity contribution in [1.82, 2.24) is 10.1 Å². The van der Waals surface area contributed by atoms with Gasteiger partial charge in [0, 0.05) is 12.1 Å². The monoisotopic (exact) mass is 247 g/mol. The molecule has 0 atom stereocenters. The van der Waals surface area contributed by atoms with E-state index in [1.54, 1.807) is 6.07 Å². The van der Waals surface area contributed by atoms with Crippen LogP contribution in [0.3, 0.4) is 0 Å². The van der Waals surface area contributed by atoms with Crippen molar-refractivity contribution in [3.05, 3.63) is 35.5 Å². The van der Waals surface area contributed by atoms with Crippen molar-refractivity contribution in [3.8, 4) is 5.75 Å². The Balaban J connectivity index is 1.97. The Morgan fingerprint density at radius 3 is 2.94 bits per heavy atom. The van der Waals surface area contributed by atoms with Crippen molar-refractivity contribution < 1.29 is 9.26 Å². The van der Waals surface area contributed by atoms with Crippen LogP contribution >= 0.6 is 0 Å². The second-order valence-corrected chi connectivity index (χ2v) is 4.17. The van der Waals surface area contributed by atoms with Crippen molar-refractivity contribution in [1.29, 1.82) is 0 Å². The number of anilines is 1. The minimum absolute atomic E-state index is 0.304. The largest absolute Gasteiger partial charge is 0.485 e. The molecule has 1 heterocycles. The molecule has 0 fully saturated rings. The highest BCUT2D eigenvalue weighted by atomic mass is 16.5. The minimum atomic E-state index is 0.304. The first-order valence-corrected chi connectivity index (χ1v) is 5.99. The number of rotatable bonds is 5. The van der Waals surface area contributed by atoms with E-state index in [2.05, 4.69) is 17.1 Å². The number of nitrogens with two attached hydrogens (primary N) is 1. The second kappa shape index (κ2) is 5.53. The molecule has 1 aromatic carbocycles. The van der Waals surface area contributed by atoms with Gasteiger partial charge in [0.15, 0.2) is 6.61 Å². The SMILES string of the molecule is CCCc1nc(COc2ccc(N)cc2C)no1. The van der Waals surface area contributed by atoms with Crippen molar-refractivity contribution in [2.24, 2.45) is 0 Å². The lowest BCUT2D eigenvalue weighted by Gasteiger charge is -2.07. The molecule has 0 aliphatic carbocycles. The summed E-state index contributed by atoms with van der Waals surface area (Å²) in [5.41, 5.74) is 7.40. The quantitative estimate of drug-likeness (QED) is 0.821. The summed E-state index contributed by atoms with van der Waals surface area (Å²) >= 11 is 0. The Labute approximate surface area is 106 Å². The summed E-state index contributed by atoms with van der Waals surface area (Å²) in [7, 11) is 0. The molecule has 0 unspecified atom stereocenters. The summed E-state index contributed by atoms with van der Waals surface area (Å²) in [5.74, 6) is 2.01. The molecule has 2 aromatic rings. The van der Waals surface area contributed by atoms with Gasteiger partial charge in [-0.25, -0.2) is 0 Å². The molecule has 18 heavy (non-hydrogen) atoms. The zero-order chi connectivity index (χ0) is 13.0. The average molecular weight is 247 g/mol. The highest BCUT2D eigenvalue weighted by Gasteiger charge is 2.07. The molecule has 0 aliphatic rings. The summed E-state index contributed by atoms with van der Waals surface area (Å²) in [6, 6.07) is 5.52. The van der Waals surface area contributed by atoms with Gasteiger partial charge in [-0.05, 0) is 37.1 Å². The molecular weight excluding hydrogens is 230 g/mol. The van der Waals surface area contributed by atoms with E-state index < -0.39 is 0 Å². The molecule has 5 nitrogen and oxygen atoms in total.